The van der Waals surface area contributed by atoms with Crippen LogP contribution in [-0.4, -0.2) is 81.9 Å². The van der Waals surface area contributed by atoms with Crippen LogP contribution in [0.3, 0.4) is 0 Å². The first-order valence-corrected chi connectivity index (χ1v) is 10.5. The van der Waals surface area contributed by atoms with E-state index in [0.29, 0.717) is 31.7 Å². The third kappa shape index (κ3) is 5.39. The molecule has 10 nitrogen and oxygen atoms in total. The van der Waals surface area contributed by atoms with Gasteiger partial charge < -0.3 is 29.1 Å². The second-order valence-corrected chi connectivity index (χ2v) is 7.66. The molecule has 0 radical (unpaired) electrons. The van der Waals surface area contributed by atoms with Gasteiger partial charge in [0.2, 0.25) is 5.91 Å². The first-order valence-electron chi connectivity index (χ1n) is 10.5. The maximum Gasteiger partial charge on any atom is 0.586 e. The van der Waals surface area contributed by atoms with Gasteiger partial charge in [-0.25, -0.2) is 4.98 Å². The van der Waals surface area contributed by atoms with Gasteiger partial charge in [-0.2, -0.15) is 4.98 Å². The van der Waals surface area contributed by atoms with Crippen LogP contribution >= 0.6 is 0 Å². The average molecular weight is 476 g/mol. The maximum atomic E-state index is 13.1. The quantitative estimate of drug-likeness (QED) is 0.625. The Morgan fingerprint density at radius 2 is 1.88 bits per heavy atom. The Bertz CT molecular complexity index is 1100. The Morgan fingerprint density at radius 3 is 2.62 bits per heavy atom. The standard InChI is InChI=1S/C22H22F2N4O6/c1-14(13-29)32-21-25-7-6-16(26-21)20(31)28-10-8-27(9-11-28)19(30)5-3-15-2-4-17-18(12-15)34-22(23,24)33-17/h2-7,12,14,29H,8-11,13H2,1H3/b5-3+/t14-/m1/s1. The zero-order valence-corrected chi connectivity index (χ0v) is 18.2. The molecule has 1 fully saturated rings. The fraction of sp³-hybridized carbons (Fsp3) is 0.364. The highest BCUT2D eigenvalue weighted by Crippen LogP contribution is 2.41. The zero-order valence-electron chi connectivity index (χ0n) is 18.2. The molecule has 0 saturated carbocycles. The van der Waals surface area contributed by atoms with Crippen LogP contribution < -0.4 is 14.2 Å². The number of piperazine rings is 1. The first kappa shape index (κ1) is 23.4. The van der Waals surface area contributed by atoms with Gasteiger partial charge in [0.15, 0.2) is 11.5 Å². The molecular formula is C22H22F2N4O6. The third-order valence-corrected chi connectivity index (χ3v) is 5.14. The molecule has 1 saturated heterocycles. The molecule has 2 aliphatic heterocycles. The smallest absolute Gasteiger partial charge is 0.458 e. The summed E-state index contributed by atoms with van der Waals surface area (Å²) in [5.74, 6) is -0.759. The normalized spacial score (nSPS) is 17.6. The van der Waals surface area contributed by atoms with Crippen LogP contribution in [0.1, 0.15) is 23.0 Å². The molecule has 1 aromatic carbocycles. The fourth-order valence-corrected chi connectivity index (χ4v) is 3.37. The van der Waals surface area contributed by atoms with Crippen LogP contribution in [0.15, 0.2) is 36.5 Å². The number of aromatic nitrogens is 2. The number of hydrogen-bond donors (Lipinski definition) is 1. The highest BCUT2D eigenvalue weighted by Gasteiger charge is 2.43. The number of rotatable bonds is 6. The molecule has 1 aromatic heterocycles. The molecular weight excluding hydrogens is 454 g/mol. The van der Waals surface area contributed by atoms with E-state index >= 15 is 0 Å². The van der Waals surface area contributed by atoms with Crippen molar-refractivity contribution in [2.24, 2.45) is 0 Å². The Kier molecular flexibility index (Phi) is 6.59. The van der Waals surface area contributed by atoms with E-state index in [4.69, 9.17) is 9.84 Å². The summed E-state index contributed by atoms with van der Waals surface area (Å²) < 4.78 is 40.4. The van der Waals surface area contributed by atoms with E-state index in [9.17, 15) is 18.4 Å². The third-order valence-electron chi connectivity index (χ3n) is 5.14. The van der Waals surface area contributed by atoms with Gasteiger partial charge >= 0.3 is 12.3 Å². The lowest BCUT2D eigenvalue weighted by Gasteiger charge is -2.34. The second kappa shape index (κ2) is 9.59. The van der Waals surface area contributed by atoms with Gasteiger partial charge in [0.25, 0.3) is 5.91 Å². The minimum atomic E-state index is -3.70. The molecule has 2 aromatic rings. The van der Waals surface area contributed by atoms with Crippen LogP contribution in [0.4, 0.5) is 8.78 Å². The van der Waals surface area contributed by atoms with Gasteiger partial charge in [-0.05, 0) is 36.8 Å². The molecule has 4 rings (SSSR count). The van der Waals surface area contributed by atoms with E-state index < -0.39 is 12.4 Å². The van der Waals surface area contributed by atoms with Crippen LogP contribution in [0.25, 0.3) is 6.08 Å². The summed E-state index contributed by atoms with van der Waals surface area (Å²) in [7, 11) is 0. The average Bonchev–Trinajstić information content (AvgIpc) is 3.15. The molecule has 12 heteroatoms. The van der Waals surface area contributed by atoms with E-state index in [-0.39, 0.29) is 41.6 Å². The topological polar surface area (TPSA) is 114 Å². The Hall–Kier alpha value is -3.80. The summed E-state index contributed by atoms with van der Waals surface area (Å²) in [6.45, 7) is 2.69. The number of nitrogens with zero attached hydrogens (tertiary/aromatic N) is 4. The largest absolute Gasteiger partial charge is 0.586 e. The van der Waals surface area contributed by atoms with E-state index in [0.717, 1.165) is 0 Å². The van der Waals surface area contributed by atoms with Gasteiger partial charge in [-0.3, -0.25) is 9.59 Å². The maximum absolute atomic E-state index is 13.1. The summed E-state index contributed by atoms with van der Waals surface area (Å²) in [6.07, 6.45) is 0.0305. The number of carbonyl (C=O) groups is 2. The van der Waals surface area contributed by atoms with Crippen molar-refractivity contribution in [1.29, 1.82) is 0 Å². The van der Waals surface area contributed by atoms with Crippen LogP contribution in [0.5, 0.6) is 17.5 Å². The van der Waals surface area contributed by atoms with Crippen molar-refractivity contribution < 1.29 is 37.7 Å². The zero-order chi connectivity index (χ0) is 24.3. The molecule has 0 aliphatic carbocycles. The lowest BCUT2D eigenvalue weighted by molar-refractivity contribution is -0.286. The van der Waals surface area contributed by atoms with Crippen molar-refractivity contribution in [1.82, 2.24) is 19.8 Å². The molecule has 0 bridgehead atoms. The Balaban J connectivity index is 1.31. The monoisotopic (exact) mass is 476 g/mol. The summed E-state index contributed by atoms with van der Waals surface area (Å²) >= 11 is 0. The highest BCUT2D eigenvalue weighted by atomic mass is 19.3. The number of aliphatic hydroxyl groups is 1. The van der Waals surface area contributed by atoms with E-state index in [1.54, 1.807) is 16.7 Å². The predicted octanol–water partition coefficient (Wildman–Crippen LogP) is 1.56. The Labute approximate surface area is 193 Å². The fourth-order valence-electron chi connectivity index (χ4n) is 3.37. The lowest BCUT2D eigenvalue weighted by Crippen LogP contribution is -2.50. The predicted molar refractivity (Wildman–Crippen MR) is 113 cm³/mol. The van der Waals surface area contributed by atoms with Crippen molar-refractivity contribution in [3.8, 4) is 17.5 Å². The SMILES string of the molecule is C[C@H](CO)Oc1nccc(C(=O)N2CCN(C(=O)/C=C/c3ccc4c(c3)OC(F)(F)O4)CC2)n1. The molecule has 3 heterocycles. The molecule has 0 unspecified atom stereocenters. The van der Waals surface area contributed by atoms with E-state index in [1.807, 2.05) is 0 Å². The molecule has 180 valence electrons. The number of alkyl halides is 2. The number of halogens is 2. The highest BCUT2D eigenvalue weighted by molar-refractivity contribution is 5.94. The summed E-state index contributed by atoms with van der Waals surface area (Å²) in [4.78, 5) is 36.5. The summed E-state index contributed by atoms with van der Waals surface area (Å²) in [6, 6.07) is 5.71. The van der Waals surface area contributed by atoms with Gasteiger partial charge in [0.1, 0.15) is 11.8 Å². The second-order valence-electron chi connectivity index (χ2n) is 7.66. The number of amides is 2. The van der Waals surface area contributed by atoms with Crippen molar-refractivity contribution in [2.75, 3.05) is 32.8 Å². The minimum absolute atomic E-state index is 0.00131. The number of aliphatic hydroxyl groups excluding tert-OH is 1. The van der Waals surface area contributed by atoms with Crippen LogP contribution in [0.2, 0.25) is 0 Å². The lowest BCUT2D eigenvalue weighted by atomic mass is 10.2. The first-order chi connectivity index (χ1) is 16.2. The number of ether oxygens (including phenoxy) is 3. The van der Waals surface area contributed by atoms with E-state index in [1.165, 1.54) is 42.6 Å². The van der Waals surface area contributed by atoms with Crippen molar-refractivity contribution in [3.63, 3.8) is 0 Å². The molecule has 34 heavy (non-hydrogen) atoms. The number of fused-ring (bicyclic) bond motifs is 1. The van der Waals surface area contributed by atoms with Gasteiger partial charge in [0, 0.05) is 38.5 Å². The number of benzene rings is 1. The molecule has 1 N–H and O–H groups in total. The number of hydrogen-bond acceptors (Lipinski definition) is 8. The molecule has 2 amide bonds. The van der Waals surface area contributed by atoms with Gasteiger partial charge in [0.05, 0.1) is 6.61 Å². The van der Waals surface area contributed by atoms with Crippen LogP contribution in [0, 0.1) is 0 Å². The summed E-state index contributed by atoms with van der Waals surface area (Å²) in [5, 5.41) is 9.08. The van der Waals surface area contributed by atoms with Crippen molar-refractivity contribution in [2.45, 2.75) is 19.3 Å². The van der Waals surface area contributed by atoms with Gasteiger partial charge in [-0.1, -0.05) is 6.07 Å². The molecule has 1 atom stereocenters. The summed E-state index contributed by atoms with van der Waals surface area (Å²) in [5.41, 5.74) is 0.655. The van der Waals surface area contributed by atoms with Crippen LogP contribution in [-0.2, 0) is 4.79 Å². The minimum Gasteiger partial charge on any atom is -0.458 e. The van der Waals surface area contributed by atoms with Crippen molar-refractivity contribution >= 4 is 17.9 Å². The van der Waals surface area contributed by atoms with Crippen molar-refractivity contribution in [3.05, 3.63) is 47.8 Å². The van der Waals surface area contributed by atoms with E-state index in [2.05, 4.69) is 19.4 Å². The number of carbonyl (C=O) groups excluding carboxylic acids is 2. The molecule has 0 spiro atoms. The van der Waals surface area contributed by atoms with Gasteiger partial charge in [-0.15, -0.1) is 8.78 Å². The molecule has 2 aliphatic rings. The Morgan fingerprint density at radius 1 is 1.18 bits per heavy atom.